The molecule has 2 rings (SSSR count). The fraction of sp³-hybridized carbons (Fsp3) is 0.667. The predicted octanol–water partition coefficient (Wildman–Crippen LogP) is 5.82. The summed E-state index contributed by atoms with van der Waals surface area (Å²) in [6.07, 6.45) is 3.37. The number of Topliss-reactive ketones (excluding diaryl/α,β-unsaturated/α-hetero) is 2. The van der Waals surface area contributed by atoms with Crippen LogP contribution in [-0.2, 0) is 18.8 Å². The van der Waals surface area contributed by atoms with Crippen LogP contribution in [0.5, 0.6) is 0 Å². The SMILES string of the molecule is C=CC[C@H](C)C1=C(O[Si](CC)(CC)CC)C[C@H](C)[C@@H]2C(=O)C(OC)=C(C)C(=O)[C@H]12. The monoisotopic (exact) mass is 418 g/mol. The molecule has 162 valence electrons. The van der Waals surface area contributed by atoms with Crippen LogP contribution < -0.4 is 0 Å². The summed E-state index contributed by atoms with van der Waals surface area (Å²) >= 11 is 0. The summed E-state index contributed by atoms with van der Waals surface area (Å²) in [5.74, 6) is 0.568. The van der Waals surface area contributed by atoms with Crippen LogP contribution >= 0.6 is 0 Å². The fourth-order valence-electron chi connectivity index (χ4n) is 5.17. The van der Waals surface area contributed by atoms with Gasteiger partial charge in [0, 0.05) is 17.9 Å². The Morgan fingerprint density at radius 2 is 1.76 bits per heavy atom. The number of rotatable bonds is 9. The number of allylic oxidation sites excluding steroid dienone is 5. The molecule has 0 aromatic rings. The standard InChI is InChI=1S/C24H38O4Si/c1-9-13-15(5)19-18(28-29(10-2,11-3)12-4)14-16(6)20-21(19)22(25)17(7)24(27-8)23(20)26/h9,15-16,20-21H,1,10-14H2,2-8H3/t15-,16-,20-,21+/m0/s1. The molecule has 0 amide bonds. The number of fused-ring (bicyclic) bond motifs is 1. The molecule has 0 unspecified atom stereocenters. The third-order valence-corrected chi connectivity index (χ3v) is 11.7. The van der Waals surface area contributed by atoms with Crippen molar-refractivity contribution in [2.24, 2.45) is 23.7 Å². The van der Waals surface area contributed by atoms with E-state index in [0.717, 1.165) is 35.9 Å². The van der Waals surface area contributed by atoms with E-state index in [0.29, 0.717) is 12.0 Å². The van der Waals surface area contributed by atoms with E-state index in [-0.39, 0.29) is 35.1 Å². The van der Waals surface area contributed by atoms with E-state index < -0.39 is 14.2 Å². The first-order valence-electron chi connectivity index (χ1n) is 11.1. The van der Waals surface area contributed by atoms with E-state index >= 15 is 0 Å². The quantitative estimate of drug-likeness (QED) is 0.350. The van der Waals surface area contributed by atoms with Crippen LogP contribution in [0, 0.1) is 23.7 Å². The molecule has 0 bridgehead atoms. The van der Waals surface area contributed by atoms with Gasteiger partial charge in [-0.05, 0) is 48.9 Å². The van der Waals surface area contributed by atoms with Crippen molar-refractivity contribution in [3.05, 3.63) is 35.3 Å². The lowest BCUT2D eigenvalue weighted by molar-refractivity contribution is -0.134. The summed E-state index contributed by atoms with van der Waals surface area (Å²) < 4.78 is 12.2. The molecule has 0 N–H and O–H groups in total. The smallest absolute Gasteiger partial charge is 0.250 e. The van der Waals surface area contributed by atoms with Crippen molar-refractivity contribution in [2.75, 3.05) is 7.11 Å². The Kier molecular flexibility index (Phi) is 7.72. The fourth-order valence-corrected chi connectivity index (χ4v) is 7.83. The minimum Gasteiger partial charge on any atom is -0.547 e. The second-order valence-corrected chi connectivity index (χ2v) is 13.4. The molecular weight excluding hydrogens is 380 g/mol. The lowest BCUT2D eigenvalue weighted by atomic mass is 9.61. The van der Waals surface area contributed by atoms with E-state index in [9.17, 15) is 9.59 Å². The zero-order valence-corrected chi connectivity index (χ0v) is 20.3. The third kappa shape index (κ3) is 4.16. The molecular formula is C24H38O4Si. The van der Waals surface area contributed by atoms with Crippen LogP contribution in [0.3, 0.4) is 0 Å². The van der Waals surface area contributed by atoms with E-state index in [1.165, 1.54) is 7.11 Å². The van der Waals surface area contributed by atoms with Gasteiger partial charge in [-0.1, -0.05) is 40.7 Å². The predicted molar refractivity (Wildman–Crippen MR) is 120 cm³/mol. The van der Waals surface area contributed by atoms with Crippen molar-refractivity contribution in [2.45, 2.75) is 72.5 Å². The normalized spacial score (nSPS) is 26.4. The van der Waals surface area contributed by atoms with Crippen molar-refractivity contribution in [3.8, 4) is 0 Å². The summed E-state index contributed by atoms with van der Waals surface area (Å²) in [7, 11) is -0.415. The third-order valence-electron chi connectivity index (χ3n) is 7.18. The molecule has 0 aromatic heterocycles. The zero-order valence-electron chi connectivity index (χ0n) is 19.3. The molecule has 4 atom stereocenters. The van der Waals surface area contributed by atoms with Crippen LogP contribution in [0.25, 0.3) is 0 Å². The second kappa shape index (κ2) is 9.46. The molecule has 0 heterocycles. The Bertz CT molecular complexity index is 721. The summed E-state index contributed by atoms with van der Waals surface area (Å²) in [6.45, 7) is 16.5. The first-order chi connectivity index (χ1) is 13.7. The Morgan fingerprint density at radius 1 is 1.17 bits per heavy atom. The summed E-state index contributed by atoms with van der Waals surface area (Å²) in [4.78, 5) is 26.7. The molecule has 2 aliphatic rings. The highest BCUT2D eigenvalue weighted by atomic mass is 28.4. The van der Waals surface area contributed by atoms with E-state index in [2.05, 4.69) is 41.2 Å². The molecule has 0 radical (unpaired) electrons. The van der Waals surface area contributed by atoms with Crippen molar-refractivity contribution in [1.82, 2.24) is 0 Å². The van der Waals surface area contributed by atoms with Gasteiger partial charge in [0.1, 0.15) is 0 Å². The second-order valence-electron chi connectivity index (χ2n) is 8.72. The highest BCUT2D eigenvalue weighted by molar-refractivity contribution is 6.73. The van der Waals surface area contributed by atoms with Crippen molar-refractivity contribution in [3.63, 3.8) is 0 Å². The van der Waals surface area contributed by atoms with Crippen molar-refractivity contribution in [1.29, 1.82) is 0 Å². The van der Waals surface area contributed by atoms with Crippen LogP contribution in [0.15, 0.2) is 35.3 Å². The average molecular weight is 419 g/mol. The Morgan fingerprint density at radius 3 is 2.24 bits per heavy atom. The summed E-state index contributed by atoms with van der Waals surface area (Å²) in [5.41, 5.74) is 1.48. The van der Waals surface area contributed by atoms with E-state index in [1.54, 1.807) is 6.92 Å². The van der Waals surface area contributed by atoms with Crippen LogP contribution in [-0.4, -0.2) is 27.0 Å². The van der Waals surface area contributed by atoms with Gasteiger partial charge in [0.05, 0.1) is 18.8 Å². The van der Waals surface area contributed by atoms with Gasteiger partial charge >= 0.3 is 0 Å². The number of methoxy groups -OCH3 is 1. The Balaban J connectivity index is 2.68. The molecule has 2 aliphatic carbocycles. The van der Waals surface area contributed by atoms with E-state index in [1.807, 2.05) is 6.08 Å². The van der Waals surface area contributed by atoms with Gasteiger partial charge in [0.15, 0.2) is 11.5 Å². The summed E-state index contributed by atoms with van der Waals surface area (Å²) in [6, 6.07) is 3.15. The molecule has 4 nitrogen and oxygen atoms in total. The maximum Gasteiger partial charge on any atom is 0.250 e. The van der Waals surface area contributed by atoms with Crippen LogP contribution in [0.1, 0.15) is 54.4 Å². The highest BCUT2D eigenvalue weighted by Gasteiger charge is 2.51. The molecule has 0 spiro atoms. The molecule has 0 fully saturated rings. The Labute approximate surface area is 177 Å². The molecule has 5 heteroatoms. The summed E-state index contributed by atoms with van der Waals surface area (Å²) in [5, 5.41) is 0. The van der Waals surface area contributed by atoms with Crippen LogP contribution in [0.2, 0.25) is 18.1 Å². The molecule has 0 aromatic carbocycles. The zero-order chi connectivity index (χ0) is 21.9. The van der Waals surface area contributed by atoms with Gasteiger partial charge in [-0.2, -0.15) is 0 Å². The number of carbonyl (C=O) groups is 2. The molecule has 0 saturated heterocycles. The lowest BCUT2D eigenvalue weighted by Crippen LogP contribution is -2.47. The first kappa shape index (κ1) is 23.7. The van der Waals surface area contributed by atoms with Gasteiger partial charge in [-0.25, -0.2) is 0 Å². The highest BCUT2D eigenvalue weighted by Crippen LogP contribution is 2.49. The molecule has 0 saturated carbocycles. The lowest BCUT2D eigenvalue weighted by Gasteiger charge is -2.44. The minimum absolute atomic E-state index is 0.0155. The molecule has 29 heavy (non-hydrogen) atoms. The van der Waals surface area contributed by atoms with Crippen molar-refractivity contribution < 1.29 is 18.8 Å². The van der Waals surface area contributed by atoms with Gasteiger partial charge in [-0.15, -0.1) is 6.58 Å². The van der Waals surface area contributed by atoms with Crippen LogP contribution in [0.4, 0.5) is 0 Å². The number of hydrogen-bond acceptors (Lipinski definition) is 4. The largest absolute Gasteiger partial charge is 0.547 e. The number of ether oxygens (including phenoxy) is 1. The minimum atomic E-state index is -1.89. The van der Waals surface area contributed by atoms with Gasteiger partial charge in [-0.3, -0.25) is 9.59 Å². The molecule has 0 aliphatic heterocycles. The maximum absolute atomic E-state index is 13.5. The first-order valence-corrected chi connectivity index (χ1v) is 13.6. The average Bonchev–Trinajstić information content (AvgIpc) is 2.70. The maximum atomic E-state index is 13.5. The van der Waals surface area contributed by atoms with Gasteiger partial charge < -0.3 is 9.16 Å². The number of carbonyl (C=O) groups excluding carboxylic acids is 2. The number of ketones is 2. The number of hydrogen-bond donors (Lipinski definition) is 0. The van der Waals surface area contributed by atoms with Crippen molar-refractivity contribution >= 4 is 19.9 Å². The van der Waals surface area contributed by atoms with Gasteiger partial charge in [0.2, 0.25) is 14.1 Å². The van der Waals surface area contributed by atoms with E-state index in [4.69, 9.17) is 9.16 Å². The topological polar surface area (TPSA) is 52.6 Å². The van der Waals surface area contributed by atoms with Gasteiger partial charge in [0.25, 0.3) is 0 Å². The Hall–Kier alpha value is -1.62.